The zero-order valence-electron chi connectivity index (χ0n) is 11.8. The lowest BCUT2D eigenvalue weighted by Crippen LogP contribution is -2.13. The Bertz CT molecular complexity index is 604. The lowest BCUT2D eigenvalue weighted by atomic mass is 10.1. The standard InChI is InChI=1S/C14H17Cl2N3OS/c1-8(2)5-12(17)13-18-19-14(20-13)21-7-9-3-4-10(15)11(16)6-9/h3-4,6,8,12H,5,7,17H2,1-2H3/t12-/m0/s1. The number of nitrogens with zero attached hydrogens (tertiary/aromatic N) is 2. The molecule has 0 aliphatic heterocycles. The fraction of sp³-hybridized carbons (Fsp3) is 0.429. The predicted molar refractivity (Wildman–Crippen MR) is 86.7 cm³/mol. The molecule has 0 aliphatic carbocycles. The van der Waals surface area contributed by atoms with Crippen molar-refractivity contribution in [2.75, 3.05) is 0 Å². The molecule has 0 aliphatic rings. The fourth-order valence-corrected chi connectivity index (χ4v) is 2.84. The highest BCUT2D eigenvalue weighted by atomic mass is 35.5. The number of thioether (sulfide) groups is 1. The predicted octanol–water partition coefficient (Wildman–Crippen LogP) is 4.71. The molecule has 0 amide bonds. The SMILES string of the molecule is CC(C)C[C@H](N)c1nnc(SCc2ccc(Cl)c(Cl)c2)o1. The Morgan fingerprint density at radius 1 is 1.24 bits per heavy atom. The molecule has 0 saturated heterocycles. The molecule has 7 heteroatoms. The summed E-state index contributed by atoms with van der Waals surface area (Å²) in [5, 5.41) is 9.61. The number of benzene rings is 1. The second-order valence-electron chi connectivity index (χ2n) is 5.18. The van der Waals surface area contributed by atoms with Gasteiger partial charge in [0, 0.05) is 5.75 Å². The van der Waals surface area contributed by atoms with Crippen LogP contribution in [0.2, 0.25) is 10.0 Å². The molecule has 0 fully saturated rings. The highest BCUT2D eigenvalue weighted by molar-refractivity contribution is 7.98. The number of nitrogens with two attached hydrogens (primary N) is 1. The molecular weight excluding hydrogens is 329 g/mol. The minimum Gasteiger partial charge on any atom is -0.414 e. The molecule has 0 unspecified atom stereocenters. The molecule has 4 nitrogen and oxygen atoms in total. The van der Waals surface area contributed by atoms with E-state index in [-0.39, 0.29) is 6.04 Å². The molecule has 2 aromatic rings. The second-order valence-corrected chi connectivity index (χ2v) is 6.92. The number of aromatic nitrogens is 2. The number of hydrogen-bond donors (Lipinski definition) is 1. The molecule has 1 aromatic heterocycles. The van der Waals surface area contributed by atoms with E-state index < -0.39 is 0 Å². The van der Waals surface area contributed by atoms with Crippen molar-refractivity contribution >= 4 is 35.0 Å². The third-order valence-electron chi connectivity index (χ3n) is 2.81. The quantitative estimate of drug-likeness (QED) is 0.767. The first-order valence-corrected chi connectivity index (χ1v) is 8.35. The van der Waals surface area contributed by atoms with Crippen molar-refractivity contribution in [3.8, 4) is 0 Å². The monoisotopic (exact) mass is 345 g/mol. The van der Waals surface area contributed by atoms with Gasteiger partial charge in [-0.15, -0.1) is 10.2 Å². The average Bonchev–Trinajstić information content (AvgIpc) is 2.88. The molecule has 0 bridgehead atoms. The molecule has 1 atom stereocenters. The largest absolute Gasteiger partial charge is 0.414 e. The summed E-state index contributed by atoms with van der Waals surface area (Å²) in [4.78, 5) is 0. The van der Waals surface area contributed by atoms with Gasteiger partial charge in [-0.1, -0.05) is 54.9 Å². The first-order valence-electron chi connectivity index (χ1n) is 6.61. The molecule has 2 rings (SSSR count). The van der Waals surface area contributed by atoms with E-state index in [1.807, 2.05) is 12.1 Å². The highest BCUT2D eigenvalue weighted by Crippen LogP contribution is 2.28. The molecule has 0 saturated carbocycles. The minimum atomic E-state index is -0.211. The van der Waals surface area contributed by atoms with Crippen LogP contribution in [-0.2, 0) is 5.75 Å². The summed E-state index contributed by atoms with van der Waals surface area (Å²) in [7, 11) is 0. The van der Waals surface area contributed by atoms with Crippen LogP contribution in [0.15, 0.2) is 27.8 Å². The van der Waals surface area contributed by atoms with E-state index in [0.717, 1.165) is 12.0 Å². The van der Waals surface area contributed by atoms with Gasteiger partial charge < -0.3 is 10.2 Å². The number of halogens is 2. The molecule has 2 N–H and O–H groups in total. The molecule has 1 heterocycles. The Labute approximate surface area is 138 Å². The van der Waals surface area contributed by atoms with Crippen LogP contribution >= 0.6 is 35.0 Å². The van der Waals surface area contributed by atoms with Crippen LogP contribution in [0.1, 0.15) is 37.8 Å². The van der Waals surface area contributed by atoms with Crippen LogP contribution in [0, 0.1) is 5.92 Å². The lowest BCUT2D eigenvalue weighted by molar-refractivity contribution is 0.361. The van der Waals surface area contributed by atoms with Crippen molar-refractivity contribution in [3.63, 3.8) is 0 Å². The zero-order chi connectivity index (χ0) is 15.4. The normalized spacial score (nSPS) is 12.9. The van der Waals surface area contributed by atoms with Gasteiger partial charge in [-0.05, 0) is 30.0 Å². The zero-order valence-corrected chi connectivity index (χ0v) is 14.2. The topological polar surface area (TPSA) is 64.9 Å². The summed E-state index contributed by atoms with van der Waals surface area (Å²) in [5.41, 5.74) is 7.06. The summed E-state index contributed by atoms with van der Waals surface area (Å²) in [6.07, 6.45) is 0.819. The van der Waals surface area contributed by atoms with Crippen LogP contribution in [0.3, 0.4) is 0 Å². The van der Waals surface area contributed by atoms with E-state index in [0.29, 0.717) is 32.8 Å². The Hall–Kier alpha value is -0.750. The summed E-state index contributed by atoms with van der Waals surface area (Å²) in [6, 6.07) is 5.32. The van der Waals surface area contributed by atoms with E-state index in [2.05, 4.69) is 24.0 Å². The van der Waals surface area contributed by atoms with E-state index in [4.69, 9.17) is 33.4 Å². The fourth-order valence-electron chi connectivity index (χ4n) is 1.81. The maximum absolute atomic E-state index is 6.02. The smallest absolute Gasteiger partial charge is 0.276 e. The van der Waals surface area contributed by atoms with Gasteiger partial charge in [0.1, 0.15) is 0 Å². The van der Waals surface area contributed by atoms with E-state index in [1.54, 1.807) is 6.07 Å². The van der Waals surface area contributed by atoms with Crippen molar-refractivity contribution in [1.82, 2.24) is 10.2 Å². The minimum absolute atomic E-state index is 0.211. The van der Waals surface area contributed by atoms with Crippen molar-refractivity contribution < 1.29 is 4.42 Å². The van der Waals surface area contributed by atoms with Crippen LogP contribution in [0.25, 0.3) is 0 Å². The maximum atomic E-state index is 6.02. The van der Waals surface area contributed by atoms with Crippen LogP contribution in [-0.4, -0.2) is 10.2 Å². The van der Waals surface area contributed by atoms with Gasteiger partial charge in [-0.2, -0.15) is 0 Å². The van der Waals surface area contributed by atoms with Crippen molar-refractivity contribution in [3.05, 3.63) is 39.7 Å². The first kappa shape index (κ1) is 16.6. The number of hydrogen-bond acceptors (Lipinski definition) is 5. The Kier molecular flexibility index (Phi) is 5.93. The summed E-state index contributed by atoms with van der Waals surface area (Å²) in [6.45, 7) is 4.21. The van der Waals surface area contributed by atoms with Gasteiger partial charge in [0.05, 0.1) is 16.1 Å². The van der Waals surface area contributed by atoms with Gasteiger partial charge >= 0.3 is 0 Å². The molecule has 1 aromatic carbocycles. The van der Waals surface area contributed by atoms with Crippen molar-refractivity contribution in [2.45, 2.75) is 37.3 Å². The Balaban J connectivity index is 1.94. The van der Waals surface area contributed by atoms with Gasteiger partial charge in [0.25, 0.3) is 5.22 Å². The molecule has 0 spiro atoms. The Morgan fingerprint density at radius 2 is 2.00 bits per heavy atom. The third kappa shape index (κ3) is 4.88. The highest BCUT2D eigenvalue weighted by Gasteiger charge is 2.16. The van der Waals surface area contributed by atoms with Crippen LogP contribution in [0.4, 0.5) is 0 Å². The molecule has 0 radical (unpaired) electrons. The molecule has 21 heavy (non-hydrogen) atoms. The van der Waals surface area contributed by atoms with E-state index >= 15 is 0 Å². The van der Waals surface area contributed by atoms with Crippen molar-refractivity contribution in [2.24, 2.45) is 11.7 Å². The molecule has 114 valence electrons. The van der Waals surface area contributed by atoms with Gasteiger partial charge in [-0.25, -0.2) is 0 Å². The summed E-state index contributed by atoms with van der Waals surface area (Å²) >= 11 is 13.3. The number of rotatable bonds is 6. The molecular formula is C14H17Cl2N3OS. The second kappa shape index (κ2) is 7.49. The lowest BCUT2D eigenvalue weighted by Gasteiger charge is -2.08. The van der Waals surface area contributed by atoms with E-state index in [9.17, 15) is 0 Å². The van der Waals surface area contributed by atoms with Gasteiger partial charge in [-0.3, -0.25) is 0 Å². The Morgan fingerprint density at radius 3 is 2.67 bits per heavy atom. The van der Waals surface area contributed by atoms with Crippen LogP contribution in [0.5, 0.6) is 0 Å². The average molecular weight is 346 g/mol. The summed E-state index contributed by atoms with van der Waals surface area (Å²) < 4.78 is 5.58. The first-order chi connectivity index (χ1) is 9.95. The third-order valence-corrected chi connectivity index (χ3v) is 4.44. The van der Waals surface area contributed by atoms with Gasteiger partial charge in [0.15, 0.2) is 0 Å². The van der Waals surface area contributed by atoms with Crippen molar-refractivity contribution in [1.29, 1.82) is 0 Å². The maximum Gasteiger partial charge on any atom is 0.276 e. The van der Waals surface area contributed by atoms with Gasteiger partial charge in [0.2, 0.25) is 5.89 Å². The van der Waals surface area contributed by atoms with E-state index in [1.165, 1.54) is 11.8 Å². The van der Waals surface area contributed by atoms with Crippen LogP contribution < -0.4 is 5.73 Å². The summed E-state index contributed by atoms with van der Waals surface area (Å²) in [5.74, 6) is 1.65.